The van der Waals surface area contributed by atoms with Crippen LogP contribution in [0.1, 0.15) is 0 Å². The smallest absolute Gasteiger partial charge is 0.204 e. The van der Waals surface area contributed by atoms with Crippen molar-refractivity contribution in [3.63, 3.8) is 0 Å². The van der Waals surface area contributed by atoms with Crippen LogP contribution in [0.5, 0.6) is 0 Å². The molecule has 0 amide bonds. The van der Waals surface area contributed by atoms with E-state index in [2.05, 4.69) is 11.8 Å². The number of alkyl halides is 3. The van der Waals surface area contributed by atoms with Gasteiger partial charge in [0.1, 0.15) is 0 Å². The maximum atomic E-state index is 11.8. The van der Waals surface area contributed by atoms with Crippen molar-refractivity contribution in [1.29, 1.82) is 0 Å². The summed E-state index contributed by atoms with van der Waals surface area (Å²) in [7, 11) is -4.20. The molecule has 0 saturated carbocycles. The van der Waals surface area contributed by atoms with E-state index in [4.69, 9.17) is 0 Å². The number of halogens is 6. The Hall–Kier alpha value is 1.01. The third-order valence-corrected chi connectivity index (χ3v) is 7.52. The Labute approximate surface area is 68.3 Å². The van der Waals surface area contributed by atoms with Crippen LogP contribution in [0.25, 0.3) is 0 Å². The summed E-state index contributed by atoms with van der Waals surface area (Å²) in [5, 5.41) is 0. The standard InChI is InChI=1S/CF6P2S2/c2-1(3,4)8(5)11-9(6,7)10. The Kier molecular flexibility index (Phi) is 4.16. The van der Waals surface area contributed by atoms with Crippen molar-refractivity contribution >= 4 is 36.1 Å². The molecule has 0 N–H and O–H groups in total. The normalized spacial score (nSPS) is 16.5. The summed E-state index contributed by atoms with van der Waals surface area (Å²) < 4.78 is 68.9. The largest absolute Gasteiger partial charge is 0.446 e. The Morgan fingerprint density at radius 3 is 1.73 bits per heavy atom. The van der Waals surface area contributed by atoms with Gasteiger partial charge in [-0.1, -0.05) is 0 Å². The van der Waals surface area contributed by atoms with E-state index in [0.717, 1.165) is 0 Å². The Morgan fingerprint density at radius 1 is 1.27 bits per heavy atom. The Balaban J connectivity index is 4.10. The summed E-state index contributed by atoms with van der Waals surface area (Å²) in [6.07, 6.45) is 0. The van der Waals surface area contributed by atoms with Gasteiger partial charge in [0.15, 0.2) is 0 Å². The summed E-state index contributed by atoms with van der Waals surface area (Å²) >= 11 is 2.28. The first kappa shape index (κ1) is 12.0. The molecule has 0 aromatic rings. The maximum absolute atomic E-state index is 11.8. The highest BCUT2D eigenvalue weighted by Gasteiger charge is 2.45. The van der Waals surface area contributed by atoms with E-state index in [1.807, 2.05) is 0 Å². The second kappa shape index (κ2) is 3.81. The molecule has 1 atom stereocenters. The van der Waals surface area contributed by atoms with E-state index in [-0.39, 0.29) is 0 Å². The molecule has 0 fully saturated rings. The van der Waals surface area contributed by atoms with E-state index in [0.29, 0.717) is 0 Å². The Morgan fingerprint density at radius 2 is 1.64 bits per heavy atom. The first-order valence-corrected chi connectivity index (χ1v) is 7.69. The van der Waals surface area contributed by atoms with Gasteiger partial charge in [0.2, 0.25) is 0 Å². The van der Waals surface area contributed by atoms with Crippen LogP contribution >= 0.6 is 24.3 Å². The van der Waals surface area contributed by atoms with Crippen LogP contribution in [0.2, 0.25) is 0 Å². The zero-order chi connectivity index (χ0) is 9.28. The van der Waals surface area contributed by atoms with Crippen molar-refractivity contribution < 1.29 is 25.8 Å². The lowest BCUT2D eigenvalue weighted by Gasteiger charge is -2.09. The molecule has 0 spiro atoms. The van der Waals surface area contributed by atoms with Crippen LogP contribution in [0, 0.1) is 0 Å². The molecule has 68 valence electrons. The average molecular weight is 252 g/mol. The van der Waals surface area contributed by atoms with Crippen LogP contribution in [0.4, 0.5) is 25.8 Å². The first-order chi connectivity index (χ1) is 4.63. The fraction of sp³-hybridized carbons (Fsp3) is 1.00. The minimum Gasteiger partial charge on any atom is -0.204 e. The molecule has 0 aliphatic rings. The average Bonchev–Trinajstić information content (AvgIpc) is 1.56. The van der Waals surface area contributed by atoms with E-state index in [1.54, 1.807) is 0 Å². The summed E-state index contributed by atoms with van der Waals surface area (Å²) in [6.45, 7) is 0. The van der Waals surface area contributed by atoms with Crippen LogP contribution in [0.3, 0.4) is 0 Å². The molecule has 0 aromatic heterocycles. The van der Waals surface area contributed by atoms with Gasteiger partial charge in [0.25, 0.3) is 7.43 Å². The lowest BCUT2D eigenvalue weighted by atomic mass is 11.6. The number of rotatable bonds is 2. The minimum absolute atomic E-state index is 1.07. The van der Waals surface area contributed by atoms with Crippen molar-refractivity contribution in [3.05, 3.63) is 0 Å². The molecular weight excluding hydrogens is 252 g/mol. The molecule has 1 unspecified atom stereocenters. The van der Waals surface area contributed by atoms with Crippen molar-refractivity contribution in [3.8, 4) is 0 Å². The molecule has 0 radical (unpaired) electrons. The fourth-order valence-electron chi connectivity index (χ4n) is 0.130. The molecule has 0 aliphatic heterocycles. The number of hydrogen-bond acceptors (Lipinski definition) is 2. The molecule has 0 aromatic carbocycles. The lowest BCUT2D eigenvalue weighted by molar-refractivity contribution is -0.0416. The quantitative estimate of drug-likeness (QED) is 0.516. The highest BCUT2D eigenvalue weighted by atomic mass is 33.2. The molecule has 10 heteroatoms. The summed E-state index contributed by atoms with van der Waals surface area (Å²) in [4.78, 5) is 0. The second-order valence-electron chi connectivity index (χ2n) is 1.21. The first-order valence-electron chi connectivity index (χ1n) is 1.85. The van der Waals surface area contributed by atoms with Gasteiger partial charge in [0.05, 0.1) is 0 Å². The molecule has 0 saturated heterocycles. The van der Waals surface area contributed by atoms with Crippen LogP contribution in [0.15, 0.2) is 0 Å². The van der Waals surface area contributed by atoms with Crippen molar-refractivity contribution in [2.24, 2.45) is 0 Å². The lowest BCUT2D eigenvalue weighted by Crippen LogP contribution is -1.97. The maximum Gasteiger partial charge on any atom is 0.446 e. The van der Waals surface area contributed by atoms with E-state index >= 15 is 0 Å². The second-order valence-corrected chi connectivity index (χ2v) is 9.56. The number of hydrogen-bond donors (Lipinski definition) is 0. The molecule has 0 aliphatic carbocycles. The Bertz CT molecular complexity index is 170. The predicted octanol–water partition coefficient (Wildman–Crippen LogP) is 4.68. The van der Waals surface area contributed by atoms with Crippen LogP contribution < -0.4 is 0 Å². The zero-order valence-corrected chi connectivity index (χ0v) is 7.90. The topological polar surface area (TPSA) is 0 Å². The van der Waals surface area contributed by atoms with Gasteiger partial charge in [-0.05, 0) is 11.8 Å². The van der Waals surface area contributed by atoms with Crippen molar-refractivity contribution in [2.45, 2.75) is 5.92 Å². The third kappa shape index (κ3) is 6.20. The van der Waals surface area contributed by atoms with Crippen LogP contribution in [-0.2, 0) is 11.8 Å². The fourth-order valence-corrected chi connectivity index (χ4v) is 5.08. The summed E-state index contributed by atoms with van der Waals surface area (Å²) in [5.74, 6) is -10.3. The van der Waals surface area contributed by atoms with Gasteiger partial charge < -0.3 is 0 Å². The van der Waals surface area contributed by atoms with Gasteiger partial charge in [-0.2, -0.15) is 21.6 Å². The SMILES string of the molecule is FP(SP(F)(F)=S)C(F)(F)F. The molecule has 11 heavy (non-hydrogen) atoms. The minimum atomic E-state index is -5.19. The van der Waals surface area contributed by atoms with E-state index < -0.39 is 30.2 Å². The third-order valence-electron chi connectivity index (χ3n) is 0.366. The summed E-state index contributed by atoms with van der Waals surface area (Å²) in [6, 6.07) is 0. The van der Waals surface area contributed by atoms with Gasteiger partial charge in [-0.25, -0.2) is 4.20 Å². The van der Waals surface area contributed by atoms with E-state index in [9.17, 15) is 25.8 Å². The summed E-state index contributed by atoms with van der Waals surface area (Å²) in [5.41, 5.74) is 0. The van der Waals surface area contributed by atoms with Gasteiger partial charge >= 0.3 is 11.8 Å². The zero-order valence-electron chi connectivity index (χ0n) is 4.48. The van der Waals surface area contributed by atoms with Gasteiger partial charge in [-0.15, -0.1) is 0 Å². The van der Waals surface area contributed by atoms with Gasteiger partial charge in [-0.3, -0.25) is 0 Å². The molecule has 0 heterocycles. The van der Waals surface area contributed by atoms with Crippen molar-refractivity contribution in [2.75, 3.05) is 0 Å². The monoisotopic (exact) mass is 252 g/mol. The molecule has 0 bridgehead atoms. The highest BCUT2D eigenvalue weighted by molar-refractivity contribution is 8.90. The molecular formula is CF6P2S2. The molecule has 0 rings (SSSR count). The van der Waals surface area contributed by atoms with E-state index in [1.165, 1.54) is 0 Å². The molecule has 0 nitrogen and oxygen atoms in total. The van der Waals surface area contributed by atoms with Crippen molar-refractivity contribution in [1.82, 2.24) is 0 Å². The van der Waals surface area contributed by atoms with Crippen LogP contribution in [-0.4, -0.2) is 5.92 Å². The highest BCUT2D eigenvalue weighted by Crippen LogP contribution is 2.80. The predicted molar refractivity (Wildman–Crippen MR) is 38.2 cm³/mol. The van der Waals surface area contributed by atoms with Gasteiger partial charge in [0, 0.05) is 11.0 Å².